The van der Waals surface area contributed by atoms with Crippen molar-refractivity contribution in [2.45, 2.75) is 58.0 Å². The van der Waals surface area contributed by atoms with Crippen LogP contribution < -0.4 is 27.0 Å². The van der Waals surface area contributed by atoms with Crippen LogP contribution in [0.25, 0.3) is 0 Å². The lowest BCUT2D eigenvalue weighted by molar-refractivity contribution is -0.126. The Morgan fingerprint density at radius 2 is 1.61 bits per heavy atom. The molecule has 0 saturated heterocycles. The van der Waals surface area contributed by atoms with E-state index in [2.05, 4.69) is 21.3 Å². The number of carbonyl (C=O) groups is 4. The van der Waals surface area contributed by atoms with Crippen molar-refractivity contribution in [2.75, 3.05) is 46.1 Å². The summed E-state index contributed by atoms with van der Waals surface area (Å²) in [4.78, 5) is 47.3. The fraction of sp³-hybridized carbons (Fsp3) is 0.593. The highest BCUT2D eigenvalue weighted by atomic mass is 16.5. The third kappa shape index (κ3) is 15.4. The van der Waals surface area contributed by atoms with Gasteiger partial charge in [-0.2, -0.15) is 0 Å². The molecule has 38 heavy (non-hydrogen) atoms. The fourth-order valence-corrected chi connectivity index (χ4v) is 3.44. The van der Waals surface area contributed by atoms with Crippen LogP contribution in [0.2, 0.25) is 0 Å². The topological polar surface area (TPSA) is 161 Å². The van der Waals surface area contributed by atoms with E-state index in [1.165, 1.54) is 0 Å². The van der Waals surface area contributed by atoms with Crippen LogP contribution in [0.4, 0.5) is 0 Å². The summed E-state index contributed by atoms with van der Waals surface area (Å²) in [6, 6.07) is 6.52. The highest BCUT2D eigenvalue weighted by Gasteiger charge is 2.20. The SMILES string of the molecule is [CH]N[C@@H](CCCCNC(=O)COCCOCCNC(=O)CC)C(=O)CN[C@@H](Cc1ccc(C)cc1)C(N)=O. The second-order valence-electron chi connectivity index (χ2n) is 8.93. The molecule has 1 aromatic rings. The largest absolute Gasteiger partial charge is 0.377 e. The first-order valence-corrected chi connectivity index (χ1v) is 13.0. The van der Waals surface area contributed by atoms with Crippen LogP contribution in [0, 0.1) is 14.0 Å². The fourth-order valence-electron chi connectivity index (χ4n) is 3.44. The predicted octanol–water partition coefficient (Wildman–Crippen LogP) is 0.0228. The Bertz CT molecular complexity index is 849. The van der Waals surface area contributed by atoms with E-state index in [0.717, 1.165) is 11.1 Å². The van der Waals surface area contributed by atoms with Crippen molar-refractivity contribution in [3.05, 3.63) is 42.4 Å². The number of hydrogen-bond acceptors (Lipinski definition) is 8. The highest BCUT2D eigenvalue weighted by Crippen LogP contribution is 2.07. The molecule has 0 unspecified atom stereocenters. The van der Waals surface area contributed by atoms with E-state index >= 15 is 0 Å². The minimum absolute atomic E-state index is 0.0251. The third-order valence-electron chi connectivity index (χ3n) is 5.75. The summed E-state index contributed by atoms with van der Waals surface area (Å²) in [5.74, 6) is -0.960. The van der Waals surface area contributed by atoms with Gasteiger partial charge in [-0.1, -0.05) is 36.8 Å². The van der Waals surface area contributed by atoms with E-state index in [9.17, 15) is 19.2 Å². The van der Waals surface area contributed by atoms with E-state index in [0.29, 0.717) is 58.4 Å². The van der Waals surface area contributed by atoms with Crippen molar-refractivity contribution in [1.82, 2.24) is 21.3 Å². The minimum atomic E-state index is -0.669. The van der Waals surface area contributed by atoms with Crippen LogP contribution in [0.1, 0.15) is 43.7 Å². The summed E-state index contributed by atoms with van der Waals surface area (Å²) in [6.07, 6.45) is 2.63. The Labute approximate surface area is 226 Å². The summed E-state index contributed by atoms with van der Waals surface area (Å²) < 4.78 is 10.6. The van der Waals surface area contributed by atoms with Crippen molar-refractivity contribution in [3.8, 4) is 0 Å². The molecule has 2 radical (unpaired) electrons. The van der Waals surface area contributed by atoms with E-state index in [1.807, 2.05) is 31.2 Å². The highest BCUT2D eigenvalue weighted by molar-refractivity contribution is 5.87. The summed E-state index contributed by atoms with van der Waals surface area (Å²) in [5.41, 5.74) is 7.57. The summed E-state index contributed by atoms with van der Waals surface area (Å²) in [7, 11) is 5.56. The van der Waals surface area contributed by atoms with Crippen LogP contribution in [0.3, 0.4) is 0 Å². The second kappa shape index (κ2) is 20.1. The van der Waals surface area contributed by atoms with Gasteiger partial charge in [0, 0.05) is 26.6 Å². The number of unbranched alkanes of at least 4 members (excludes halogenated alkanes) is 1. The molecule has 0 aliphatic heterocycles. The average Bonchev–Trinajstić information content (AvgIpc) is 2.90. The predicted molar refractivity (Wildman–Crippen MR) is 144 cm³/mol. The zero-order chi connectivity index (χ0) is 28.2. The maximum absolute atomic E-state index is 12.6. The molecule has 0 aliphatic carbocycles. The van der Waals surface area contributed by atoms with Gasteiger partial charge in [-0.25, -0.2) is 0 Å². The van der Waals surface area contributed by atoms with Gasteiger partial charge in [0.2, 0.25) is 17.7 Å². The van der Waals surface area contributed by atoms with Crippen molar-refractivity contribution in [2.24, 2.45) is 5.73 Å². The van der Waals surface area contributed by atoms with Crippen molar-refractivity contribution < 1.29 is 28.7 Å². The second-order valence-corrected chi connectivity index (χ2v) is 8.93. The standard InChI is InChI=1S/C27H43N5O6/c1-4-25(34)31-13-14-37-15-16-38-19-26(35)30-12-6-5-7-22(29-3)24(33)18-32-23(27(28)36)17-21-10-8-20(2)9-11-21/h3,8-11,22-23,29,32H,4-7,12-19H2,1-2H3,(H2,28,36)(H,30,35)(H,31,34)/t22-,23-/m0/s1. The van der Waals surface area contributed by atoms with E-state index in [1.54, 1.807) is 6.92 Å². The van der Waals surface area contributed by atoms with Gasteiger partial charge in [-0.05, 0) is 38.2 Å². The van der Waals surface area contributed by atoms with Crippen LogP contribution in [-0.4, -0.2) is 81.7 Å². The first-order chi connectivity index (χ1) is 18.3. The van der Waals surface area contributed by atoms with Crippen molar-refractivity contribution in [3.63, 3.8) is 0 Å². The molecule has 6 N–H and O–H groups in total. The van der Waals surface area contributed by atoms with Gasteiger partial charge < -0.3 is 31.2 Å². The maximum atomic E-state index is 12.6. The molecule has 11 nitrogen and oxygen atoms in total. The summed E-state index contributed by atoms with van der Waals surface area (Å²) in [6.45, 7) is 5.52. The Balaban J connectivity index is 2.16. The molecule has 1 rings (SSSR count). The van der Waals surface area contributed by atoms with Crippen LogP contribution >= 0.6 is 0 Å². The number of rotatable bonds is 22. The summed E-state index contributed by atoms with van der Waals surface area (Å²) >= 11 is 0. The molecule has 0 spiro atoms. The van der Waals surface area contributed by atoms with Crippen LogP contribution in [-0.2, 0) is 35.1 Å². The zero-order valence-electron chi connectivity index (χ0n) is 22.6. The van der Waals surface area contributed by atoms with E-state index in [-0.39, 0.29) is 37.4 Å². The van der Waals surface area contributed by atoms with Gasteiger partial charge >= 0.3 is 0 Å². The Hall–Kier alpha value is -2.86. The molecule has 0 saturated carbocycles. The molecule has 0 bridgehead atoms. The molecule has 0 fully saturated rings. The van der Waals surface area contributed by atoms with Gasteiger partial charge in [0.25, 0.3) is 0 Å². The number of primary amides is 1. The number of amides is 3. The summed E-state index contributed by atoms with van der Waals surface area (Å²) in [5, 5.41) is 10.9. The lowest BCUT2D eigenvalue weighted by Gasteiger charge is -2.19. The van der Waals surface area contributed by atoms with E-state index in [4.69, 9.17) is 22.3 Å². The van der Waals surface area contributed by atoms with Gasteiger partial charge in [0.15, 0.2) is 5.78 Å². The van der Waals surface area contributed by atoms with Crippen LogP contribution in [0.15, 0.2) is 24.3 Å². The minimum Gasteiger partial charge on any atom is -0.377 e. The molecule has 2 atom stereocenters. The first kappa shape index (κ1) is 33.2. The molecule has 0 aliphatic rings. The number of nitrogens with two attached hydrogens (primary N) is 1. The van der Waals surface area contributed by atoms with Crippen molar-refractivity contribution >= 4 is 23.5 Å². The van der Waals surface area contributed by atoms with Gasteiger partial charge in [0.1, 0.15) is 6.61 Å². The molecular formula is C27H43N5O6. The number of ether oxygens (including phenoxy) is 2. The maximum Gasteiger partial charge on any atom is 0.245 e. The molecular weight excluding hydrogens is 490 g/mol. The number of carbonyl (C=O) groups excluding carboxylic acids is 4. The van der Waals surface area contributed by atoms with Crippen molar-refractivity contribution in [1.29, 1.82) is 0 Å². The normalized spacial score (nSPS) is 12.5. The Morgan fingerprint density at radius 1 is 0.921 bits per heavy atom. The smallest absolute Gasteiger partial charge is 0.245 e. The van der Waals surface area contributed by atoms with E-state index < -0.39 is 18.0 Å². The van der Waals surface area contributed by atoms with Crippen LogP contribution in [0.5, 0.6) is 0 Å². The van der Waals surface area contributed by atoms with Gasteiger partial charge in [0.05, 0.1) is 38.4 Å². The number of ketones is 1. The third-order valence-corrected chi connectivity index (χ3v) is 5.75. The number of aryl methyl sites for hydroxylation is 1. The Morgan fingerprint density at radius 3 is 2.26 bits per heavy atom. The monoisotopic (exact) mass is 533 g/mol. The molecule has 0 heterocycles. The average molecular weight is 534 g/mol. The molecule has 0 aromatic heterocycles. The van der Waals surface area contributed by atoms with Gasteiger partial charge in [-0.15, -0.1) is 0 Å². The number of hydrogen-bond donors (Lipinski definition) is 5. The molecule has 1 aromatic carbocycles. The zero-order valence-corrected chi connectivity index (χ0v) is 22.6. The Kier molecular flexibility index (Phi) is 17.6. The quantitative estimate of drug-likeness (QED) is 0.103. The van der Waals surface area contributed by atoms with Gasteiger partial charge in [-0.3, -0.25) is 24.5 Å². The first-order valence-electron chi connectivity index (χ1n) is 13.0. The number of Topliss-reactive ketones (excluding diaryl/α,β-unsaturated/α-hetero) is 1. The molecule has 212 valence electrons. The molecule has 11 heteroatoms. The lowest BCUT2D eigenvalue weighted by Crippen LogP contribution is -2.48. The lowest BCUT2D eigenvalue weighted by atomic mass is 10.0. The molecule has 3 amide bonds. The number of benzene rings is 1. The number of nitrogens with one attached hydrogen (secondary N) is 4.